The average Bonchev–Trinajstić information content (AvgIpc) is 2.40. The SMILES string of the molecule is CC(C)Oc1ccc([N+](=O)[O-])cc1CN1CCCC(O)C1. The minimum absolute atomic E-state index is 0.0113. The first-order valence-corrected chi connectivity index (χ1v) is 7.30. The Labute approximate surface area is 124 Å². The Balaban J connectivity index is 2.20. The first kappa shape index (κ1) is 15.7. The fourth-order valence-corrected chi connectivity index (χ4v) is 2.59. The van der Waals surface area contributed by atoms with Crippen LogP contribution < -0.4 is 4.74 Å². The molecule has 0 saturated carbocycles. The predicted molar refractivity (Wildman–Crippen MR) is 79.4 cm³/mol. The fourth-order valence-electron chi connectivity index (χ4n) is 2.59. The second-order valence-electron chi connectivity index (χ2n) is 5.75. The zero-order chi connectivity index (χ0) is 15.4. The van der Waals surface area contributed by atoms with E-state index in [4.69, 9.17) is 4.74 Å². The van der Waals surface area contributed by atoms with Crippen molar-refractivity contribution >= 4 is 5.69 Å². The molecule has 116 valence electrons. The number of nitro benzene ring substituents is 1. The number of likely N-dealkylation sites (tertiary alicyclic amines) is 1. The number of non-ortho nitro benzene ring substituents is 1. The van der Waals surface area contributed by atoms with Gasteiger partial charge in [0.2, 0.25) is 0 Å². The Morgan fingerprint density at radius 2 is 2.29 bits per heavy atom. The van der Waals surface area contributed by atoms with Gasteiger partial charge in [0.1, 0.15) is 5.75 Å². The highest BCUT2D eigenvalue weighted by molar-refractivity contribution is 5.44. The van der Waals surface area contributed by atoms with Crippen LogP contribution in [-0.4, -0.2) is 40.2 Å². The van der Waals surface area contributed by atoms with Gasteiger partial charge in [0.05, 0.1) is 17.1 Å². The van der Waals surface area contributed by atoms with Crippen molar-refractivity contribution in [1.29, 1.82) is 0 Å². The molecular weight excluding hydrogens is 272 g/mol. The lowest BCUT2D eigenvalue weighted by Gasteiger charge is -2.30. The van der Waals surface area contributed by atoms with Crippen molar-refractivity contribution in [2.24, 2.45) is 0 Å². The number of nitrogens with zero attached hydrogens (tertiary/aromatic N) is 2. The highest BCUT2D eigenvalue weighted by atomic mass is 16.6. The number of β-amino-alcohol motifs (C(OH)–C–C–N with tert-alkyl or cyclic N) is 1. The van der Waals surface area contributed by atoms with Gasteiger partial charge in [0.15, 0.2) is 0 Å². The molecule has 1 saturated heterocycles. The lowest BCUT2D eigenvalue weighted by molar-refractivity contribution is -0.385. The van der Waals surface area contributed by atoms with Crippen LogP contribution in [0.1, 0.15) is 32.3 Å². The van der Waals surface area contributed by atoms with E-state index in [1.165, 1.54) is 6.07 Å². The van der Waals surface area contributed by atoms with Gasteiger partial charge in [-0.3, -0.25) is 15.0 Å². The largest absolute Gasteiger partial charge is 0.491 e. The van der Waals surface area contributed by atoms with Crippen LogP contribution in [0.25, 0.3) is 0 Å². The third-order valence-corrected chi connectivity index (χ3v) is 3.49. The average molecular weight is 294 g/mol. The third kappa shape index (κ3) is 4.41. The second kappa shape index (κ2) is 6.87. The summed E-state index contributed by atoms with van der Waals surface area (Å²) in [5.74, 6) is 0.677. The van der Waals surface area contributed by atoms with E-state index in [0.29, 0.717) is 18.8 Å². The molecule has 1 aromatic carbocycles. The number of benzene rings is 1. The summed E-state index contributed by atoms with van der Waals surface area (Å²) in [6.45, 7) is 5.90. The van der Waals surface area contributed by atoms with Crippen molar-refractivity contribution in [3.63, 3.8) is 0 Å². The number of aliphatic hydroxyl groups is 1. The Hall–Kier alpha value is -1.66. The molecule has 2 rings (SSSR count). The minimum Gasteiger partial charge on any atom is -0.491 e. The molecule has 1 aliphatic rings. The fraction of sp³-hybridized carbons (Fsp3) is 0.600. The molecule has 0 amide bonds. The molecule has 0 aliphatic carbocycles. The lowest BCUT2D eigenvalue weighted by Crippen LogP contribution is -2.37. The van der Waals surface area contributed by atoms with Crippen LogP contribution >= 0.6 is 0 Å². The van der Waals surface area contributed by atoms with E-state index in [-0.39, 0.29) is 17.9 Å². The van der Waals surface area contributed by atoms with Gasteiger partial charge in [0.25, 0.3) is 5.69 Å². The van der Waals surface area contributed by atoms with Crippen molar-refractivity contribution in [1.82, 2.24) is 4.90 Å². The molecule has 6 nitrogen and oxygen atoms in total. The van der Waals surface area contributed by atoms with E-state index in [1.54, 1.807) is 12.1 Å². The first-order chi connectivity index (χ1) is 9.95. The normalized spacial score (nSPS) is 19.7. The van der Waals surface area contributed by atoms with E-state index in [1.807, 2.05) is 13.8 Å². The van der Waals surface area contributed by atoms with Gasteiger partial charge in [0, 0.05) is 30.8 Å². The van der Waals surface area contributed by atoms with Crippen molar-refractivity contribution in [3.8, 4) is 5.75 Å². The van der Waals surface area contributed by atoms with E-state index >= 15 is 0 Å². The summed E-state index contributed by atoms with van der Waals surface area (Å²) in [5.41, 5.74) is 0.866. The molecule has 1 aromatic rings. The van der Waals surface area contributed by atoms with Gasteiger partial charge >= 0.3 is 0 Å². The van der Waals surface area contributed by atoms with Gasteiger partial charge in [-0.2, -0.15) is 0 Å². The molecule has 0 spiro atoms. The maximum atomic E-state index is 10.9. The number of piperidine rings is 1. The van der Waals surface area contributed by atoms with Crippen LogP contribution in [0.3, 0.4) is 0 Å². The van der Waals surface area contributed by atoms with E-state index in [2.05, 4.69) is 4.90 Å². The van der Waals surface area contributed by atoms with Crippen LogP contribution in [0.2, 0.25) is 0 Å². The Bertz CT molecular complexity index is 504. The number of ether oxygens (including phenoxy) is 1. The van der Waals surface area contributed by atoms with Crippen molar-refractivity contribution in [2.45, 2.75) is 45.4 Å². The maximum absolute atomic E-state index is 10.9. The highest BCUT2D eigenvalue weighted by Crippen LogP contribution is 2.27. The van der Waals surface area contributed by atoms with Crippen LogP contribution in [0.4, 0.5) is 5.69 Å². The van der Waals surface area contributed by atoms with E-state index < -0.39 is 4.92 Å². The standard InChI is InChI=1S/C15H22N2O4/c1-11(2)21-15-6-5-13(17(19)20)8-12(15)9-16-7-3-4-14(18)10-16/h5-6,8,11,14,18H,3-4,7,9-10H2,1-2H3. The number of hydrogen-bond acceptors (Lipinski definition) is 5. The molecule has 0 bridgehead atoms. The van der Waals surface area contributed by atoms with Crippen molar-refractivity contribution < 1.29 is 14.8 Å². The number of hydrogen-bond donors (Lipinski definition) is 1. The topological polar surface area (TPSA) is 75.8 Å². The molecule has 0 aromatic heterocycles. The smallest absolute Gasteiger partial charge is 0.270 e. The number of aliphatic hydroxyl groups excluding tert-OH is 1. The molecular formula is C15H22N2O4. The molecule has 6 heteroatoms. The summed E-state index contributed by atoms with van der Waals surface area (Å²) in [6.07, 6.45) is 1.46. The predicted octanol–water partition coefficient (Wildman–Crippen LogP) is 2.34. The van der Waals surface area contributed by atoms with Crippen LogP contribution in [0.5, 0.6) is 5.75 Å². The van der Waals surface area contributed by atoms with Crippen LogP contribution in [0, 0.1) is 10.1 Å². The van der Waals surface area contributed by atoms with Gasteiger partial charge in [-0.1, -0.05) is 0 Å². The van der Waals surface area contributed by atoms with E-state index in [9.17, 15) is 15.2 Å². The second-order valence-corrected chi connectivity index (χ2v) is 5.75. The molecule has 1 unspecified atom stereocenters. The highest BCUT2D eigenvalue weighted by Gasteiger charge is 2.20. The monoisotopic (exact) mass is 294 g/mol. The van der Waals surface area contributed by atoms with Crippen molar-refractivity contribution in [2.75, 3.05) is 13.1 Å². The maximum Gasteiger partial charge on any atom is 0.270 e. The van der Waals surface area contributed by atoms with Crippen molar-refractivity contribution in [3.05, 3.63) is 33.9 Å². The summed E-state index contributed by atoms with van der Waals surface area (Å²) in [4.78, 5) is 12.7. The lowest BCUT2D eigenvalue weighted by atomic mass is 10.1. The summed E-state index contributed by atoms with van der Waals surface area (Å²) in [6, 6.07) is 4.69. The summed E-state index contributed by atoms with van der Waals surface area (Å²) >= 11 is 0. The number of rotatable bonds is 5. The van der Waals surface area contributed by atoms with Gasteiger partial charge in [-0.25, -0.2) is 0 Å². The quantitative estimate of drug-likeness (QED) is 0.666. The van der Waals surface area contributed by atoms with Gasteiger partial charge in [-0.15, -0.1) is 0 Å². The van der Waals surface area contributed by atoms with Gasteiger partial charge < -0.3 is 9.84 Å². The number of nitro groups is 1. The first-order valence-electron chi connectivity index (χ1n) is 7.30. The third-order valence-electron chi connectivity index (χ3n) is 3.49. The summed E-state index contributed by atoms with van der Waals surface area (Å²) in [5, 5.41) is 20.7. The van der Waals surface area contributed by atoms with Crippen LogP contribution in [-0.2, 0) is 6.54 Å². The van der Waals surface area contributed by atoms with E-state index in [0.717, 1.165) is 24.9 Å². The summed E-state index contributed by atoms with van der Waals surface area (Å²) in [7, 11) is 0. The zero-order valence-electron chi connectivity index (χ0n) is 12.5. The summed E-state index contributed by atoms with van der Waals surface area (Å²) < 4.78 is 5.74. The van der Waals surface area contributed by atoms with Crippen LogP contribution in [0.15, 0.2) is 18.2 Å². The Kier molecular flexibility index (Phi) is 5.14. The molecule has 21 heavy (non-hydrogen) atoms. The minimum atomic E-state index is -0.395. The zero-order valence-corrected chi connectivity index (χ0v) is 12.5. The van der Waals surface area contributed by atoms with Gasteiger partial charge in [-0.05, 0) is 39.3 Å². The Morgan fingerprint density at radius 3 is 2.90 bits per heavy atom. The molecule has 1 atom stereocenters. The molecule has 1 N–H and O–H groups in total. The molecule has 1 heterocycles. The molecule has 1 aliphatic heterocycles. The molecule has 1 fully saturated rings. The molecule has 0 radical (unpaired) electrons. The Morgan fingerprint density at radius 1 is 1.52 bits per heavy atom.